The quantitative estimate of drug-likeness (QED) is 0.683. The van der Waals surface area contributed by atoms with Crippen LogP contribution in [0.2, 0.25) is 0 Å². The molecule has 0 bridgehead atoms. The molecule has 3 N–H and O–H groups in total. The highest BCUT2D eigenvalue weighted by molar-refractivity contribution is 5.83. The number of phenolic OH excluding ortho intramolecular Hbond substituents is 3. The molecule has 0 amide bonds. The van der Waals surface area contributed by atoms with Gasteiger partial charge >= 0.3 is 0 Å². The second-order valence-corrected chi connectivity index (χ2v) is 4.92. The number of aryl methyl sites for hydroxylation is 1. The molecule has 0 aliphatic heterocycles. The van der Waals surface area contributed by atoms with Crippen LogP contribution in [0.15, 0.2) is 18.2 Å². The maximum absolute atomic E-state index is 10.3. The lowest BCUT2D eigenvalue weighted by molar-refractivity contribution is 0.449. The van der Waals surface area contributed by atoms with E-state index in [0.717, 1.165) is 5.56 Å². The minimum Gasteiger partial charge on any atom is -0.507 e. The molecule has 0 aliphatic rings. The van der Waals surface area contributed by atoms with Crippen LogP contribution in [-0.4, -0.2) is 15.3 Å². The summed E-state index contributed by atoms with van der Waals surface area (Å²) in [6, 6.07) is 5.35. The molecule has 0 atom stereocenters. The van der Waals surface area contributed by atoms with E-state index in [1.165, 1.54) is 0 Å². The molecule has 2 aromatic rings. The molecule has 0 fully saturated rings. The lowest BCUT2D eigenvalue weighted by Gasteiger charge is -2.17. The molecule has 0 unspecified atom stereocenters. The Morgan fingerprint density at radius 2 is 1.26 bits per heavy atom. The van der Waals surface area contributed by atoms with Gasteiger partial charge in [-0.3, -0.25) is 0 Å². The number of hydrogen-bond donors (Lipinski definition) is 3. The zero-order valence-corrected chi connectivity index (χ0v) is 11.6. The van der Waals surface area contributed by atoms with Crippen LogP contribution in [0.5, 0.6) is 17.2 Å². The van der Waals surface area contributed by atoms with E-state index in [2.05, 4.69) is 0 Å². The first-order valence-electron chi connectivity index (χ1n) is 6.16. The van der Waals surface area contributed by atoms with Gasteiger partial charge in [-0.1, -0.05) is 18.2 Å². The summed E-state index contributed by atoms with van der Waals surface area (Å²) < 4.78 is 0. The maximum atomic E-state index is 10.3. The Balaban J connectivity index is 2.87. The topological polar surface area (TPSA) is 60.7 Å². The third kappa shape index (κ3) is 1.91. The second-order valence-electron chi connectivity index (χ2n) is 4.92. The highest BCUT2D eigenvalue weighted by Crippen LogP contribution is 2.45. The smallest absolute Gasteiger partial charge is 0.127 e. The summed E-state index contributed by atoms with van der Waals surface area (Å²) in [6.07, 6.45) is 0. The van der Waals surface area contributed by atoms with Gasteiger partial charge in [-0.05, 0) is 44.4 Å². The van der Waals surface area contributed by atoms with Crippen molar-refractivity contribution in [2.45, 2.75) is 27.7 Å². The Kier molecular flexibility index (Phi) is 3.14. The first-order valence-corrected chi connectivity index (χ1v) is 6.16. The fourth-order valence-electron chi connectivity index (χ4n) is 2.31. The first-order chi connectivity index (χ1) is 8.86. The lowest BCUT2D eigenvalue weighted by atomic mass is 9.91. The summed E-state index contributed by atoms with van der Waals surface area (Å²) in [5.74, 6) is 0.392. The summed E-state index contributed by atoms with van der Waals surface area (Å²) in [4.78, 5) is 0. The number of phenols is 3. The van der Waals surface area contributed by atoms with E-state index in [1.54, 1.807) is 39.8 Å². The van der Waals surface area contributed by atoms with Crippen molar-refractivity contribution in [1.82, 2.24) is 0 Å². The van der Waals surface area contributed by atoms with E-state index in [1.807, 2.05) is 6.07 Å². The zero-order valence-electron chi connectivity index (χ0n) is 11.6. The van der Waals surface area contributed by atoms with E-state index in [0.29, 0.717) is 27.8 Å². The van der Waals surface area contributed by atoms with Crippen molar-refractivity contribution in [1.29, 1.82) is 0 Å². The SMILES string of the molecule is Cc1cccc(-c2c(C)c(O)c(C)c(C)c2O)c1O. The van der Waals surface area contributed by atoms with E-state index in [-0.39, 0.29) is 17.2 Å². The largest absolute Gasteiger partial charge is 0.507 e. The van der Waals surface area contributed by atoms with Gasteiger partial charge in [0, 0.05) is 16.7 Å². The van der Waals surface area contributed by atoms with Gasteiger partial charge < -0.3 is 15.3 Å². The van der Waals surface area contributed by atoms with Gasteiger partial charge in [0.05, 0.1) is 0 Å². The van der Waals surface area contributed by atoms with Gasteiger partial charge in [-0.15, -0.1) is 0 Å². The van der Waals surface area contributed by atoms with Crippen LogP contribution >= 0.6 is 0 Å². The fourth-order valence-corrected chi connectivity index (χ4v) is 2.31. The zero-order chi connectivity index (χ0) is 14.3. The number of aromatic hydroxyl groups is 3. The standard InChI is InChI=1S/C16H18O3/c1-8-6-5-7-12(14(8)17)13-11(4)15(18)9(2)10(3)16(13)19/h5-7,17-19H,1-4H3. The highest BCUT2D eigenvalue weighted by atomic mass is 16.3. The van der Waals surface area contributed by atoms with E-state index < -0.39 is 0 Å². The monoisotopic (exact) mass is 258 g/mol. The molecule has 0 aliphatic carbocycles. The maximum Gasteiger partial charge on any atom is 0.127 e. The molecule has 0 spiro atoms. The molecule has 3 heteroatoms. The Morgan fingerprint density at radius 3 is 1.89 bits per heavy atom. The van der Waals surface area contributed by atoms with Gasteiger partial charge in [0.2, 0.25) is 0 Å². The van der Waals surface area contributed by atoms with E-state index in [4.69, 9.17) is 0 Å². The fraction of sp³-hybridized carbons (Fsp3) is 0.250. The molecular formula is C16H18O3. The van der Waals surface area contributed by atoms with E-state index >= 15 is 0 Å². The summed E-state index contributed by atoms with van der Waals surface area (Å²) in [5.41, 5.74) is 3.61. The number of benzene rings is 2. The average molecular weight is 258 g/mol. The number of para-hydroxylation sites is 1. The molecule has 0 heterocycles. The van der Waals surface area contributed by atoms with Crippen LogP contribution in [0.25, 0.3) is 11.1 Å². The van der Waals surface area contributed by atoms with Gasteiger partial charge in [-0.2, -0.15) is 0 Å². The van der Waals surface area contributed by atoms with Crippen molar-refractivity contribution in [3.63, 3.8) is 0 Å². The summed E-state index contributed by atoms with van der Waals surface area (Å²) in [6.45, 7) is 7.04. The Labute approximate surface area is 112 Å². The molecule has 2 aromatic carbocycles. The van der Waals surface area contributed by atoms with Gasteiger partial charge in [0.15, 0.2) is 0 Å². The van der Waals surface area contributed by atoms with Crippen LogP contribution in [0.3, 0.4) is 0 Å². The minimum atomic E-state index is 0.105. The van der Waals surface area contributed by atoms with Gasteiger partial charge in [-0.25, -0.2) is 0 Å². The molecule has 0 saturated carbocycles. The van der Waals surface area contributed by atoms with Crippen molar-refractivity contribution in [2.75, 3.05) is 0 Å². The number of hydrogen-bond acceptors (Lipinski definition) is 3. The third-order valence-electron chi connectivity index (χ3n) is 3.75. The Morgan fingerprint density at radius 1 is 0.684 bits per heavy atom. The van der Waals surface area contributed by atoms with Crippen LogP contribution in [0.4, 0.5) is 0 Å². The minimum absolute atomic E-state index is 0.105. The Bertz CT molecular complexity index is 629. The summed E-state index contributed by atoms with van der Waals surface area (Å²) in [5, 5.41) is 30.6. The lowest BCUT2D eigenvalue weighted by Crippen LogP contribution is -1.93. The molecule has 2 rings (SSSR count). The van der Waals surface area contributed by atoms with Crippen molar-refractivity contribution in [2.24, 2.45) is 0 Å². The van der Waals surface area contributed by atoms with Crippen LogP contribution in [-0.2, 0) is 0 Å². The van der Waals surface area contributed by atoms with Crippen LogP contribution in [0, 0.1) is 27.7 Å². The predicted octanol–water partition coefficient (Wildman–Crippen LogP) is 3.70. The normalized spacial score (nSPS) is 10.7. The molecule has 0 saturated heterocycles. The van der Waals surface area contributed by atoms with Crippen LogP contribution in [0.1, 0.15) is 22.3 Å². The van der Waals surface area contributed by atoms with Crippen molar-refractivity contribution in [3.05, 3.63) is 40.5 Å². The molecule has 3 nitrogen and oxygen atoms in total. The van der Waals surface area contributed by atoms with Crippen molar-refractivity contribution < 1.29 is 15.3 Å². The van der Waals surface area contributed by atoms with Gasteiger partial charge in [0.25, 0.3) is 0 Å². The van der Waals surface area contributed by atoms with Crippen molar-refractivity contribution >= 4 is 0 Å². The second kappa shape index (κ2) is 4.50. The summed E-state index contributed by atoms with van der Waals surface area (Å²) >= 11 is 0. The molecule has 100 valence electrons. The highest BCUT2D eigenvalue weighted by Gasteiger charge is 2.20. The molecular weight excluding hydrogens is 240 g/mol. The third-order valence-corrected chi connectivity index (χ3v) is 3.75. The Hall–Kier alpha value is -2.16. The summed E-state index contributed by atoms with van der Waals surface area (Å²) in [7, 11) is 0. The molecule has 19 heavy (non-hydrogen) atoms. The van der Waals surface area contributed by atoms with Gasteiger partial charge in [0.1, 0.15) is 17.2 Å². The van der Waals surface area contributed by atoms with Crippen LogP contribution < -0.4 is 0 Å². The predicted molar refractivity (Wildman–Crippen MR) is 75.8 cm³/mol. The first kappa shape index (κ1) is 13.3. The average Bonchev–Trinajstić information content (AvgIpc) is 2.39. The molecule has 0 radical (unpaired) electrons. The number of rotatable bonds is 1. The molecule has 0 aromatic heterocycles. The van der Waals surface area contributed by atoms with Crippen molar-refractivity contribution in [3.8, 4) is 28.4 Å². The van der Waals surface area contributed by atoms with E-state index in [9.17, 15) is 15.3 Å².